The van der Waals surface area contributed by atoms with Gasteiger partial charge in [-0.15, -0.1) is 0 Å². The van der Waals surface area contributed by atoms with E-state index in [1.165, 1.54) is 19.1 Å². The summed E-state index contributed by atoms with van der Waals surface area (Å²) in [6, 6.07) is 11.5. The molecule has 0 bridgehead atoms. The van der Waals surface area contributed by atoms with Crippen LogP contribution in [0.1, 0.15) is 38.0 Å². The minimum Gasteiger partial charge on any atom is -0.366 e. The lowest BCUT2D eigenvalue weighted by atomic mass is 10.1. The van der Waals surface area contributed by atoms with Crippen LogP contribution in [-0.4, -0.2) is 34.6 Å². The Hall–Kier alpha value is -3.48. The standard InChI is InChI=1S/C18H15N3O4/c1-10(16(23)20-12-6-4-5-11(9-12)15(19)22)21-17(24)13-7-2-3-8-14(13)18(21)25/h2-10H,1H3,(H2,19,22)(H,20,23)/t10-/m1/s1. The Labute approximate surface area is 143 Å². The molecule has 0 saturated heterocycles. The van der Waals surface area contributed by atoms with Crippen LogP contribution in [0.5, 0.6) is 0 Å². The molecule has 25 heavy (non-hydrogen) atoms. The molecule has 0 fully saturated rings. The van der Waals surface area contributed by atoms with Crippen LogP contribution in [-0.2, 0) is 4.79 Å². The molecule has 0 radical (unpaired) electrons. The number of hydrogen-bond acceptors (Lipinski definition) is 4. The van der Waals surface area contributed by atoms with Gasteiger partial charge in [-0.25, -0.2) is 0 Å². The quantitative estimate of drug-likeness (QED) is 0.822. The monoisotopic (exact) mass is 337 g/mol. The molecule has 1 aliphatic rings. The molecular weight excluding hydrogens is 322 g/mol. The van der Waals surface area contributed by atoms with Crippen LogP contribution < -0.4 is 11.1 Å². The van der Waals surface area contributed by atoms with Gasteiger partial charge in [-0.2, -0.15) is 0 Å². The summed E-state index contributed by atoms with van der Waals surface area (Å²) in [5.74, 6) is -2.18. The zero-order valence-corrected chi connectivity index (χ0v) is 13.4. The lowest BCUT2D eigenvalue weighted by molar-refractivity contribution is -0.119. The van der Waals surface area contributed by atoms with Gasteiger partial charge >= 0.3 is 0 Å². The van der Waals surface area contributed by atoms with Crippen LogP contribution in [0.25, 0.3) is 0 Å². The first-order valence-electron chi connectivity index (χ1n) is 7.58. The van der Waals surface area contributed by atoms with E-state index in [0.29, 0.717) is 5.69 Å². The fourth-order valence-corrected chi connectivity index (χ4v) is 2.67. The Balaban J connectivity index is 1.80. The highest BCUT2D eigenvalue weighted by molar-refractivity contribution is 6.23. The lowest BCUT2D eigenvalue weighted by Gasteiger charge is -2.21. The highest BCUT2D eigenvalue weighted by Crippen LogP contribution is 2.25. The Morgan fingerprint density at radius 3 is 2.16 bits per heavy atom. The van der Waals surface area contributed by atoms with E-state index in [1.807, 2.05) is 0 Å². The van der Waals surface area contributed by atoms with Gasteiger partial charge in [-0.3, -0.25) is 24.1 Å². The van der Waals surface area contributed by atoms with E-state index in [9.17, 15) is 19.2 Å². The molecule has 2 aromatic rings. The van der Waals surface area contributed by atoms with Crippen molar-refractivity contribution in [1.29, 1.82) is 0 Å². The average Bonchev–Trinajstić information content (AvgIpc) is 2.86. The van der Waals surface area contributed by atoms with Crippen LogP contribution in [0.3, 0.4) is 0 Å². The molecule has 126 valence electrons. The molecule has 7 heteroatoms. The van der Waals surface area contributed by atoms with Gasteiger partial charge in [0.1, 0.15) is 6.04 Å². The highest BCUT2D eigenvalue weighted by atomic mass is 16.2. The van der Waals surface area contributed by atoms with Crippen LogP contribution in [0.4, 0.5) is 5.69 Å². The molecule has 4 amide bonds. The molecule has 0 unspecified atom stereocenters. The van der Waals surface area contributed by atoms with Crippen molar-refractivity contribution in [3.05, 3.63) is 65.2 Å². The van der Waals surface area contributed by atoms with Crippen molar-refractivity contribution < 1.29 is 19.2 Å². The van der Waals surface area contributed by atoms with Crippen molar-refractivity contribution in [2.75, 3.05) is 5.32 Å². The zero-order valence-electron chi connectivity index (χ0n) is 13.4. The second-order valence-electron chi connectivity index (χ2n) is 5.64. The fourth-order valence-electron chi connectivity index (χ4n) is 2.67. The minimum absolute atomic E-state index is 0.242. The first-order valence-corrected chi connectivity index (χ1v) is 7.58. The van der Waals surface area contributed by atoms with E-state index < -0.39 is 29.7 Å². The predicted molar refractivity (Wildman–Crippen MR) is 90.0 cm³/mol. The summed E-state index contributed by atoms with van der Waals surface area (Å²) in [5, 5.41) is 2.59. The topological polar surface area (TPSA) is 110 Å². The molecule has 7 nitrogen and oxygen atoms in total. The maximum atomic E-state index is 12.4. The molecule has 3 N–H and O–H groups in total. The number of nitrogens with zero attached hydrogens (tertiary/aromatic N) is 1. The average molecular weight is 337 g/mol. The van der Waals surface area contributed by atoms with Gasteiger partial charge in [0, 0.05) is 11.3 Å². The summed E-state index contributed by atoms with van der Waals surface area (Å²) in [5.41, 5.74) is 6.36. The Kier molecular flexibility index (Phi) is 4.06. The van der Waals surface area contributed by atoms with Crippen molar-refractivity contribution in [2.24, 2.45) is 5.73 Å². The van der Waals surface area contributed by atoms with Crippen LogP contribution >= 0.6 is 0 Å². The number of nitrogens with two attached hydrogens (primary N) is 1. The SMILES string of the molecule is C[C@H](C(=O)Nc1cccc(C(N)=O)c1)N1C(=O)c2ccccc2C1=O. The lowest BCUT2D eigenvalue weighted by Crippen LogP contribution is -2.45. The van der Waals surface area contributed by atoms with Gasteiger partial charge in [0.2, 0.25) is 11.8 Å². The number of fused-ring (bicyclic) bond motifs is 1. The van der Waals surface area contributed by atoms with Crippen molar-refractivity contribution in [3.8, 4) is 0 Å². The second-order valence-corrected chi connectivity index (χ2v) is 5.64. The molecule has 1 aliphatic heterocycles. The molecular formula is C18H15N3O4. The van der Waals surface area contributed by atoms with Gasteiger partial charge in [0.05, 0.1) is 11.1 Å². The first-order chi connectivity index (χ1) is 11.9. The van der Waals surface area contributed by atoms with Crippen molar-refractivity contribution in [1.82, 2.24) is 4.90 Å². The number of primary amides is 1. The molecule has 0 spiro atoms. The number of benzene rings is 2. The van der Waals surface area contributed by atoms with Gasteiger partial charge in [0.15, 0.2) is 0 Å². The van der Waals surface area contributed by atoms with Gasteiger partial charge < -0.3 is 11.1 Å². The highest BCUT2D eigenvalue weighted by Gasteiger charge is 2.40. The molecule has 1 atom stereocenters. The maximum absolute atomic E-state index is 12.4. The first kappa shape index (κ1) is 16.4. The molecule has 2 aromatic carbocycles. The van der Waals surface area contributed by atoms with E-state index in [0.717, 1.165) is 4.90 Å². The Bertz CT molecular complexity index is 872. The van der Waals surface area contributed by atoms with E-state index in [2.05, 4.69) is 5.32 Å². The van der Waals surface area contributed by atoms with Crippen molar-refractivity contribution >= 4 is 29.3 Å². The summed E-state index contributed by atoms with van der Waals surface area (Å²) >= 11 is 0. The number of amides is 4. The molecule has 0 saturated carbocycles. The second kappa shape index (κ2) is 6.20. The normalized spacial score (nSPS) is 14.2. The van der Waals surface area contributed by atoms with Gasteiger partial charge in [-0.1, -0.05) is 18.2 Å². The molecule has 3 rings (SSSR count). The number of carbonyl (C=O) groups excluding carboxylic acids is 4. The summed E-state index contributed by atoms with van der Waals surface area (Å²) in [6.07, 6.45) is 0. The number of rotatable bonds is 4. The van der Waals surface area contributed by atoms with Crippen LogP contribution in [0.15, 0.2) is 48.5 Å². The fraction of sp³-hybridized carbons (Fsp3) is 0.111. The zero-order chi connectivity index (χ0) is 18.1. The van der Waals surface area contributed by atoms with E-state index in [-0.39, 0.29) is 16.7 Å². The molecule has 0 aliphatic carbocycles. The number of carbonyl (C=O) groups is 4. The molecule has 0 aromatic heterocycles. The predicted octanol–water partition coefficient (Wildman–Crippen LogP) is 1.41. The Morgan fingerprint density at radius 1 is 1.00 bits per heavy atom. The molecule has 1 heterocycles. The van der Waals surface area contributed by atoms with E-state index in [4.69, 9.17) is 5.73 Å². The van der Waals surface area contributed by atoms with Crippen molar-refractivity contribution in [3.63, 3.8) is 0 Å². The van der Waals surface area contributed by atoms with E-state index >= 15 is 0 Å². The third-order valence-electron chi connectivity index (χ3n) is 4.01. The smallest absolute Gasteiger partial charge is 0.262 e. The number of anilines is 1. The largest absolute Gasteiger partial charge is 0.366 e. The third-order valence-corrected chi connectivity index (χ3v) is 4.01. The van der Waals surface area contributed by atoms with Crippen molar-refractivity contribution in [2.45, 2.75) is 13.0 Å². The number of hydrogen-bond donors (Lipinski definition) is 2. The summed E-state index contributed by atoms with van der Waals surface area (Å²) in [7, 11) is 0. The number of nitrogens with one attached hydrogen (secondary N) is 1. The van der Waals surface area contributed by atoms with Crippen LogP contribution in [0.2, 0.25) is 0 Å². The van der Waals surface area contributed by atoms with Crippen LogP contribution in [0, 0.1) is 0 Å². The van der Waals surface area contributed by atoms with Gasteiger partial charge in [0.25, 0.3) is 11.8 Å². The third kappa shape index (κ3) is 2.87. The number of imide groups is 1. The minimum atomic E-state index is -1.01. The summed E-state index contributed by atoms with van der Waals surface area (Å²) in [4.78, 5) is 49.4. The van der Waals surface area contributed by atoms with E-state index in [1.54, 1.807) is 36.4 Å². The summed E-state index contributed by atoms with van der Waals surface area (Å²) < 4.78 is 0. The maximum Gasteiger partial charge on any atom is 0.262 e. The summed E-state index contributed by atoms with van der Waals surface area (Å²) in [6.45, 7) is 1.47. The van der Waals surface area contributed by atoms with Gasteiger partial charge in [-0.05, 0) is 37.3 Å². The Morgan fingerprint density at radius 2 is 1.60 bits per heavy atom.